The molecule has 0 fully saturated rings. The molecule has 0 bridgehead atoms. The molecule has 4 rings (SSSR count). The van der Waals surface area contributed by atoms with Crippen LogP contribution in [-0.4, -0.2) is 31.4 Å². The summed E-state index contributed by atoms with van der Waals surface area (Å²) in [5, 5.41) is 13.0. The number of rotatable bonds is 5. The van der Waals surface area contributed by atoms with Crippen molar-refractivity contribution in [1.82, 2.24) is 19.7 Å². The van der Waals surface area contributed by atoms with Crippen molar-refractivity contribution >= 4 is 45.4 Å². The summed E-state index contributed by atoms with van der Waals surface area (Å²) in [6, 6.07) is 15.8. The van der Waals surface area contributed by atoms with Gasteiger partial charge in [0.05, 0.1) is 11.3 Å². The molecule has 7 heteroatoms. The van der Waals surface area contributed by atoms with E-state index >= 15 is 0 Å². The van der Waals surface area contributed by atoms with Gasteiger partial charge in [-0.3, -0.25) is 4.79 Å². The van der Waals surface area contributed by atoms with Crippen LogP contribution in [0.15, 0.2) is 53.7 Å². The molecule has 0 saturated carbocycles. The number of anilines is 1. The van der Waals surface area contributed by atoms with Gasteiger partial charge in [0, 0.05) is 18.1 Å². The number of para-hydroxylation sites is 2. The summed E-state index contributed by atoms with van der Waals surface area (Å²) in [7, 11) is 1.96. The first-order valence-electron chi connectivity index (χ1n) is 8.75. The summed E-state index contributed by atoms with van der Waals surface area (Å²) in [4.78, 5) is 16.9. The lowest BCUT2D eigenvalue weighted by molar-refractivity contribution is -0.113. The Balaban J connectivity index is 1.51. The summed E-state index contributed by atoms with van der Waals surface area (Å²) in [5.41, 5.74) is 4.58. The Kier molecular flexibility index (Phi) is 4.77. The van der Waals surface area contributed by atoms with E-state index in [-0.39, 0.29) is 11.7 Å². The van der Waals surface area contributed by atoms with Gasteiger partial charge in [0.25, 0.3) is 0 Å². The number of carbonyl (C=O) groups is 1. The van der Waals surface area contributed by atoms with Gasteiger partial charge < -0.3 is 9.88 Å². The zero-order valence-electron chi connectivity index (χ0n) is 15.1. The van der Waals surface area contributed by atoms with Gasteiger partial charge in [-0.15, -0.1) is 10.2 Å². The van der Waals surface area contributed by atoms with Gasteiger partial charge in [0.1, 0.15) is 5.52 Å². The minimum atomic E-state index is -0.0818. The number of hydrogen-bond acceptors (Lipinski definition) is 5. The largest absolute Gasteiger partial charge is 0.327 e. The Morgan fingerprint density at radius 3 is 2.74 bits per heavy atom. The first kappa shape index (κ1) is 17.5. The zero-order chi connectivity index (χ0) is 18.8. The lowest BCUT2D eigenvalue weighted by Gasteiger charge is -2.09. The van der Waals surface area contributed by atoms with Gasteiger partial charge >= 0.3 is 0 Å². The van der Waals surface area contributed by atoms with Crippen molar-refractivity contribution in [2.24, 2.45) is 7.05 Å². The first-order valence-corrected chi connectivity index (χ1v) is 9.74. The van der Waals surface area contributed by atoms with Crippen LogP contribution in [0.5, 0.6) is 0 Å². The van der Waals surface area contributed by atoms with E-state index < -0.39 is 0 Å². The smallest absolute Gasteiger partial charge is 0.234 e. The maximum Gasteiger partial charge on any atom is 0.234 e. The highest BCUT2D eigenvalue weighted by molar-refractivity contribution is 7.99. The van der Waals surface area contributed by atoms with Crippen molar-refractivity contribution in [1.29, 1.82) is 0 Å². The van der Waals surface area contributed by atoms with Gasteiger partial charge in [-0.25, -0.2) is 4.98 Å². The number of hydrogen-bond donors (Lipinski definition) is 1. The third-order valence-corrected chi connectivity index (χ3v) is 5.33. The Hall–Kier alpha value is -2.93. The number of nitrogens with one attached hydrogen (secondary N) is 1. The highest BCUT2D eigenvalue weighted by Gasteiger charge is 2.13. The normalized spacial score (nSPS) is 11.2. The van der Waals surface area contributed by atoms with Crippen LogP contribution in [0.2, 0.25) is 0 Å². The van der Waals surface area contributed by atoms with E-state index in [4.69, 9.17) is 0 Å². The van der Waals surface area contributed by atoms with E-state index in [1.807, 2.05) is 60.1 Å². The Bertz CT molecular complexity index is 1140. The number of aryl methyl sites for hydroxylation is 2. The molecule has 0 saturated heterocycles. The molecule has 6 nitrogen and oxygen atoms in total. The molecule has 0 radical (unpaired) electrons. The molecule has 0 aliphatic rings. The zero-order valence-corrected chi connectivity index (χ0v) is 16.0. The quantitative estimate of drug-likeness (QED) is 0.536. The van der Waals surface area contributed by atoms with Crippen molar-refractivity contribution in [3.05, 3.63) is 54.1 Å². The maximum absolute atomic E-state index is 12.3. The highest BCUT2D eigenvalue weighted by Crippen LogP contribution is 2.26. The molecule has 2 heterocycles. The van der Waals surface area contributed by atoms with Crippen LogP contribution in [0.3, 0.4) is 0 Å². The first-order chi connectivity index (χ1) is 13.2. The van der Waals surface area contributed by atoms with Gasteiger partial charge in [-0.05, 0) is 24.1 Å². The van der Waals surface area contributed by atoms with Crippen molar-refractivity contribution in [3.63, 3.8) is 0 Å². The SMILES string of the molecule is CCc1ccccc1NC(=O)CSc1nnc2c3ccccc3n(C)c2n1. The van der Waals surface area contributed by atoms with Crippen LogP contribution >= 0.6 is 11.8 Å². The summed E-state index contributed by atoms with van der Waals surface area (Å²) in [6.45, 7) is 2.07. The van der Waals surface area contributed by atoms with Crippen molar-refractivity contribution in [2.45, 2.75) is 18.5 Å². The van der Waals surface area contributed by atoms with Crippen LogP contribution < -0.4 is 5.32 Å². The fourth-order valence-corrected chi connectivity index (χ4v) is 3.70. The van der Waals surface area contributed by atoms with Crippen molar-refractivity contribution in [3.8, 4) is 0 Å². The average molecular weight is 377 g/mol. The number of thioether (sulfide) groups is 1. The molecule has 136 valence electrons. The number of nitrogens with zero attached hydrogens (tertiary/aromatic N) is 4. The summed E-state index contributed by atoms with van der Waals surface area (Å²) in [5.74, 6) is 0.150. The second-order valence-electron chi connectivity index (χ2n) is 6.19. The number of aromatic nitrogens is 4. The molecule has 1 amide bonds. The molecule has 0 spiro atoms. The maximum atomic E-state index is 12.3. The monoisotopic (exact) mass is 377 g/mol. The number of carbonyl (C=O) groups excluding carboxylic acids is 1. The van der Waals surface area contributed by atoms with Crippen LogP contribution in [-0.2, 0) is 18.3 Å². The summed E-state index contributed by atoms with van der Waals surface area (Å²) in [6.07, 6.45) is 0.869. The fourth-order valence-electron chi connectivity index (χ4n) is 3.12. The predicted molar refractivity (Wildman–Crippen MR) is 109 cm³/mol. The Labute approximate surface area is 161 Å². The topological polar surface area (TPSA) is 72.7 Å². The minimum absolute atomic E-state index is 0.0818. The van der Waals surface area contributed by atoms with E-state index in [1.165, 1.54) is 11.8 Å². The fraction of sp³-hybridized carbons (Fsp3) is 0.200. The molecule has 0 aliphatic carbocycles. The van der Waals surface area contributed by atoms with Crippen LogP contribution in [0.1, 0.15) is 12.5 Å². The molecule has 0 atom stereocenters. The molecule has 2 aromatic heterocycles. The van der Waals surface area contributed by atoms with Crippen LogP contribution in [0.4, 0.5) is 5.69 Å². The molecule has 2 aromatic carbocycles. The third kappa shape index (κ3) is 3.38. The standard InChI is InChI=1S/C20H19N5OS/c1-3-13-8-4-6-10-15(13)21-17(26)12-27-20-22-19-18(23-24-20)14-9-5-7-11-16(14)25(19)2/h4-11H,3,12H2,1-2H3,(H,21,26). The molecular weight excluding hydrogens is 358 g/mol. The lowest BCUT2D eigenvalue weighted by atomic mass is 10.1. The molecule has 1 N–H and O–H groups in total. The van der Waals surface area contributed by atoms with Gasteiger partial charge in [-0.1, -0.05) is 55.1 Å². The Morgan fingerprint density at radius 2 is 1.89 bits per heavy atom. The second kappa shape index (κ2) is 7.36. The highest BCUT2D eigenvalue weighted by atomic mass is 32.2. The lowest BCUT2D eigenvalue weighted by Crippen LogP contribution is -2.15. The second-order valence-corrected chi connectivity index (χ2v) is 7.13. The van der Waals surface area contributed by atoms with E-state index in [1.54, 1.807) is 0 Å². The number of benzene rings is 2. The molecular formula is C20H19N5OS. The van der Waals surface area contributed by atoms with Crippen LogP contribution in [0, 0.1) is 0 Å². The number of amides is 1. The molecule has 0 unspecified atom stereocenters. The predicted octanol–water partition coefficient (Wildman–Crippen LogP) is 3.81. The van der Waals surface area contributed by atoms with E-state index in [2.05, 4.69) is 27.4 Å². The van der Waals surface area contributed by atoms with Crippen molar-refractivity contribution in [2.75, 3.05) is 11.1 Å². The minimum Gasteiger partial charge on any atom is -0.327 e. The van der Waals surface area contributed by atoms with Crippen molar-refractivity contribution < 1.29 is 4.79 Å². The van der Waals surface area contributed by atoms with Gasteiger partial charge in [0.15, 0.2) is 5.65 Å². The van der Waals surface area contributed by atoms with Gasteiger partial charge in [-0.2, -0.15) is 0 Å². The average Bonchev–Trinajstić information content (AvgIpc) is 2.99. The van der Waals surface area contributed by atoms with E-state index in [0.29, 0.717) is 5.16 Å². The summed E-state index contributed by atoms with van der Waals surface area (Å²) >= 11 is 1.28. The number of fused-ring (bicyclic) bond motifs is 3. The molecule has 0 aliphatic heterocycles. The van der Waals surface area contributed by atoms with Crippen LogP contribution in [0.25, 0.3) is 22.1 Å². The third-order valence-electron chi connectivity index (χ3n) is 4.49. The van der Waals surface area contributed by atoms with E-state index in [9.17, 15) is 4.79 Å². The molecule has 27 heavy (non-hydrogen) atoms. The Morgan fingerprint density at radius 1 is 1.11 bits per heavy atom. The summed E-state index contributed by atoms with van der Waals surface area (Å²) < 4.78 is 2.00. The molecule has 4 aromatic rings. The van der Waals surface area contributed by atoms with Gasteiger partial charge in [0.2, 0.25) is 11.1 Å². The van der Waals surface area contributed by atoms with E-state index in [0.717, 1.165) is 39.7 Å².